The molecule has 1 aliphatic carbocycles. The summed E-state index contributed by atoms with van der Waals surface area (Å²) in [7, 11) is 0. The number of hydrogen-bond donors (Lipinski definition) is 4. The molecule has 7 heteroatoms. The van der Waals surface area contributed by atoms with Crippen molar-refractivity contribution in [1.82, 2.24) is 5.32 Å². The molecule has 2 aromatic carbocycles. The highest BCUT2D eigenvalue weighted by Gasteiger charge is 2.23. The Labute approximate surface area is 208 Å². The zero-order valence-electron chi connectivity index (χ0n) is 19.6. The Morgan fingerprint density at radius 3 is 2.24 bits per heavy atom. The van der Waals surface area contributed by atoms with Gasteiger partial charge in [-0.05, 0) is 98.8 Å². The second kappa shape index (κ2) is 16.9. The number of halogens is 2. The molecule has 3 unspecified atom stereocenters. The first-order chi connectivity index (χ1) is 15.9. The van der Waals surface area contributed by atoms with Crippen LogP contribution in [0.2, 0.25) is 10.0 Å². The van der Waals surface area contributed by atoms with Crippen molar-refractivity contribution in [2.75, 3.05) is 25.4 Å². The van der Waals surface area contributed by atoms with E-state index in [1.165, 1.54) is 18.4 Å². The molecule has 0 saturated heterocycles. The van der Waals surface area contributed by atoms with Gasteiger partial charge in [-0.25, -0.2) is 0 Å². The summed E-state index contributed by atoms with van der Waals surface area (Å²) in [4.78, 5) is 8.00. The highest BCUT2D eigenvalue weighted by atomic mass is 35.5. The molecule has 1 aliphatic rings. The molecule has 1 saturated carbocycles. The minimum atomic E-state index is 0.0658. The van der Waals surface area contributed by atoms with Gasteiger partial charge in [0.05, 0.1) is 0 Å². The predicted octanol–water partition coefficient (Wildman–Crippen LogP) is 5.29. The Hall–Kier alpha value is -1.63. The van der Waals surface area contributed by atoms with E-state index in [2.05, 4.69) is 24.4 Å². The van der Waals surface area contributed by atoms with Gasteiger partial charge in [0.15, 0.2) is 0 Å². The third kappa shape index (κ3) is 13.0. The Balaban J connectivity index is 0.000000454. The van der Waals surface area contributed by atoms with Gasteiger partial charge in [-0.1, -0.05) is 48.3 Å². The van der Waals surface area contributed by atoms with Crippen molar-refractivity contribution >= 4 is 35.7 Å². The molecule has 0 aromatic heterocycles. The van der Waals surface area contributed by atoms with Crippen molar-refractivity contribution in [2.45, 2.75) is 51.0 Å². The maximum Gasteiger partial charge on any atom is 0.106 e. The second-order valence-electron chi connectivity index (χ2n) is 8.64. The molecule has 6 N–H and O–H groups in total. The number of nitrogen functional groups attached to an aromatic ring is 1. The number of nitrogens with two attached hydrogens (primary N) is 2. The molecule has 0 aliphatic heterocycles. The summed E-state index contributed by atoms with van der Waals surface area (Å²) in [6, 6.07) is 15.4. The normalized spacial score (nSPS) is 15.3. The van der Waals surface area contributed by atoms with Gasteiger partial charge in [0.1, 0.15) is 6.79 Å². The number of nitrogens with one attached hydrogen (secondary N) is 1. The molecule has 5 nitrogen and oxygen atoms in total. The summed E-state index contributed by atoms with van der Waals surface area (Å²) in [6.07, 6.45) is 5.47. The SMILES string of the molecule is C=O.CC(CC(N)CCO)C(CCNCC1CC1)c1cccc(Cl)c1.Nc1cccc(Cl)c1. The maximum absolute atomic E-state index is 9.07. The van der Waals surface area contributed by atoms with Gasteiger partial charge in [0, 0.05) is 28.4 Å². The topological polar surface area (TPSA) is 101 Å². The monoisotopic (exact) mass is 495 g/mol. The van der Waals surface area contributed by atoms with Crippen LogP contribution in [0.15, 0.2) is 48.5 Å². The zero-order chi connectivity index (χ0) is 24.6. The predicted molar refractivity (Wildman–Crippen MR) is 141 cm³/mol. The van der Waals surface area contributed by atoms with Gasteiger partial charge in [-0.3, -0.25) is 0 Å². The number of carbonyl (C=O) groups is 1. The minimum absolute atomic E-state index is 0.0658. The first-order valence-electron chi connectivity index (χ1n) is 11.5. The van der Waals surface area contributed by atoms with Crippen molar-refractivity contribution in [3.05, 3.63) is 64.1 Å². The quantitative estimate of drug-likeness (QED) is 0.250. The molecular weight excluding hydrogens is 457 g/mol. The van der Waals surface area contributed by atoms with Crippen molar-refractivity contribution in [3.8, 4) is 0 Å². The highest BCUT2D eigenvalue weighted by Crippen LogP contribution is 2.33. The van der Waals surface area contributed by atoms with Crippen LogP contribution in [0.4, 0.5) is 5.69 Å². The fraction of sp³-hybridized carbons (Fsp3) is 0.500. The first kappa shape index (κ1) is 29.4. The van der Waals surface area contributed by atoms with Gasteiger partial charge in [0.25, 0.3) is 0 Å². The third-order valence-electron chi connectivity index (χ3n) is 5.75. The first-order valence-corrected chi connectivity index (χ1v) is 12.3. The lowest BCUT2D eigenvalue weighted by Gasteiger charge is -2.27. The summed E-state index contributed by atoms with van der Waals surface area (Å²) in [6.45, 7) is 6.62. The molecule has 2 aromatic rings. The molecular formula is C26H39Cl2N3O2. The van der Waals surface area contributed by atoms with Crippen molar-refractivity contribution < 1.29 is 9.90 Å². The highest BCUT2D eigenvalue weighted by molar-refractivity contribution is 6.31. The summed E-state index contributed by atoms with van der Waals surface area (Å²) < 4.78 is 0. The van der Waals surface area contributed by atoms with E-state index in [0.29, 0.717) is 29.0 Å². The van der Waals surface area contributed by atoms with Crippen LogP contribution in [0.3, 0.4) is 0 Å². The van der Waals surface area contributed by atoms with Crippen LogP contribution >= 0.6 is 23.2 Å². The number of aliphatic hydroxyl groups is 1. The van der Waals surface area contributed by atoms with E-state index < -0.39 is 0 Å². The molecule has 0 radical (unpaired) electrons. The molecule has 1 fully saturated rings. The Bertz CT molecular complexity index is 772. The number of hydrogen-bond acceptors (Lipinski definition) is 5. The van der Waals surface area contributed by atoms with Crippen molar-refractivity contribution in [2.24, 2.45) is 17.6 Å². The van der Waals surface area contributed by atoms with E-state index in [1.807, 2.05) is 25.0 Å². The second-order valence-corrected chi connectivity index (χ2v) is 9.51. The van der Waals surface area contributed by atoms with E-state index in [-0.39, 0.29) is 12.6 Å². The fourth-order valence-corrected chi connectivity index (χ4v) is 4.23. The van der Waals surface area contributed by atoms with Crippen LogP contribution in [0.1, 0.15) is 50.5 Å². The molecule has 184 valence electrons. The van der Waals surface area contributed by atoms with Gasteiger partial charge in [-0.2, -0.15) is 0 Å². The molecule has 0 spiro atoms. The van der Waals surface area contributed by atoms with Crippen LogP contribution < -0.4 is 16.8 Å². The van der Waals surface area contributed by atoms with Crippen LogP contribution in [0.25, 0.3) is 0 Å². The van der Waals surface area contributed by atoms with Gasteiger partial charge in [-0.15, -0.1) is 0 Å². The van der Waals surface area contributed by atoms with Crippen molar-refractivity contribution in [3.63, 3.8) is 0 Å². The third-order valence-corrected chi connectivity index (χ3v) is 6.22. The van der Waals surface area contributed by atoms with Gasteiger partial charge >= 0.3 is 0 Å². The average molecular weight is 497 g/mol. The minimum Gasteiger partial charge on any atom is -0.399 e. The van der Waals surface area contributed by atoms with E-state index in [1.54, 1.807) is 18.2 Å². The van der Waals surface area contributed by atoms with Crippen molar-refractivity contribution in [1.29, 1.82) is 0 Å². The summed E-state index contributed by atoms with van der Waals surface area (Å²) >= 11 is 11.8. The fourth-order valence-electron chi connectivity index (χ4n) is 3.83. The van der Waals surface area contributed by atoms with E-state index in [0.717, 1.165) is 36.9 Å². The maximum atomic E-state index is 9.07. The summed E-state index contributed by atoms with van der Waals surface area (Å²) in [5.74, 6) is 1.83. The van der Waals surface area contributed by atoms with Gasteiger partial charge < -0.3 is 26.7 Å². The lowest BCUT2D eigenvalue weighted by Crippen LogP contribution is -2.28. The summed E-state index contributed by atoms with van der Waals surface area (Å²) in [5.41, 5.74) is 13.5. The zero-order valence-corrected chi connectivity index (χ0v) is 21.1. The molecule has 0 heterocycles. The molecule has 33 heavy (non-hydrogen) atoms. The molecule has 3 rings (SSSR count). The van der Waals surface area contributed by atoms with Crippen LogP contribution in [0, 0.1) is 11.8 Å². The standard InChI is InChI=1S/C19H31ClN2O.C6H6ClN.CH2O/c1-14(11-18(21)8-10-23)19(7-9-22-13-15-5-6-15)16-3-2-4-17(20)12-16;7-5-2-1-3-6(8)4-5;1-2/h2-4,12,14-15,18-19,22-23H,5-11,13,21H2,1H3;1-4H,8H2;1H2. The van der Waals surface area contributed by atoms with Crippen LogP contribution in [-0.2, 0) is 4.79 Å². The van der Waals surface area contributed by atoms with Crippen LogP contribution in [0.5, 0.6) is 0 Å². The van der Waals surface area contributed by atoms with E-state index in [9.17, 15) is 0 Å². The number of rotatable bonds is 11. The average Bonchev–Trinajstić information content (AvgIpc) is 3.60. The lowest BCUT2D eigenvalue weighted by atomic mass is 9.81. The van der Waals surface area contributed by atoms with E-state index >= 15 is 0 Å². The van der Waals surface area contributed by atoms with Crippen LogP contribution in [-0.4, -0.2) is 37.6 Å². The number of benzene rings is 2. The molecule has 0 amide bonds. The Morgan fingerprint density at radius 1 is 1.09 bits per heavy atom. The molecule has 3 atom stereocenters. The van der Waals surface area contributed by atoms with E-state index in [4.69, 9.17) is 44.6 Å². The lowest BCUT2D eigenvalue weighted by molar-refractivity contribution is -0.0979. The van der Waals surface area contributed by atoms with Gasteiger partial charge in [0.2, 0.25) is 0 Å². The largest absolute Gasteiger partial charge is 0.399 e. The molecule has 0 bridgehead atoms. The smallest absolute Gasteiger partial charge is 0.106 e. The Morgan fingerprint density at radius 2 is 1.73 bits per heavy atom. The number of anilines is 1. The number of carbonyl (C=O) groups excluding carboxylic acids is 1. The summed E-state index contributed by atoms with van der Waals surface area (Å²) in [5, 5.41) is 14.1. The number of aliphatic hydroxyl groups excluding tert-OH is 1. The Kier molecular flexibility index (Phi) is 15.1.